The fourth-order valence-corrected chi connectivity index (χ4v) is 4.00. The third kappa shape index (κ3) is 3.43. The molecule has 0 radical (unpaired) electrons. The Morgan fingerprint density at radius 3 is 2.25 bits per heavy atom. The summed E-state index contributed by atoms with van der Waals surface area (Å²) in [5, 5.41) is 25.8. The number of rotatable bonds is 3. The highest BCUT2D eigenvalue weighted by molar-refractivity contribution is 5.97. The summed E-state index contributed by atoms with van der Waals surface area (Å²) < 4.78 is 0. The first-order valence-corrected chi connectivity index (χ1v) is 9.74. The molecule has 28 heavy (non-hydrogen) atoms. The summed E-state index contributed by atoms with van der Waals surface area (Å²) in [6.45, 7) is 2.59. The molecule has 0 atom stereocenters. The van der Waals surface area contributed by atoms with Gasteiger partial charge in [-0.3, -0.25) is 0 Å². The fourth-order valence-electron chi connectivity index (χ4n) is 4.00. The standard InChI is InChI=1S/C24H22N4/c25-16-19-8-2-3-9-21(19)18-27-14-6-1-7-15-28(27)24-13-12-20(17-26)22-10-4-5-11-23(22)24/h2-5,8-13H,1,6-7,14-15,18H2. The average molecular weight is 366 g/mol. The van der Waals surface area contributed by atoms with E-state index in [9.17, 15) is 10.5 Å². The monoisotopic (exact) mass is 366 g/mol. The lowest BCUT2D eigenvalue weighted by Crippen LogP contribution is -2.42. The summed E-state index contributed by atoms with van der Waals surface area (Å²) in [5.41, 5.74) is 3.62. The molecular formula is C24H22N4. The van der Waals surface area contributed by atoms with E-state index in [1.54, 1.807) is 0 Å². The van der Waals surface area contributed by atoms with Crippen LogP contribution in [0, 0.1) is 22.7 Å². The molecule has 0 spiro atoms. The number of nitriles is 2. The SMILES string of the molecule is N#Cc1ccccc1CN1CCCCCN1c1ccc(C#N)c2ccccc12. The van der Waals surface area contributed by atoms with E-state index in [0.717, 1.165) is 53.5 Å². The highest BCUT2D eigenvalue weighted by Crippen LogP contribution is 2.32. The van der Waals surface area contributed by atoms with Crippen molar-refractivity contribution < 1.29 is 0 Å². The predicted molar refractivity (Wildman–Crippen MR) is 111 cm³/mol. The molecule has 0 unspecified atom stereocenters. The maximum Gasteiger partial charge on any atom is 0.0998 e. The van der Waals surface area contributed by atoms with E-state index in [2.05, 4.69) is 34.3 Å². The van der Waals surface area contributed by atoms with Crippen molar-refractivity contribution in [2.75, 3.05) is 18.1 Å². The van der Waals surface area contributed by atoms with E-state index in [1.165, 1.54) is 6.42 Å². The van der Waals surface area contributed by atoms with Gasteiger partial charge in [0.05, 0.1) is 29.0 Å². The number of fused-ring (bicyclic) bond motifs is 1. The Hall–Kier alpha value is -3.34. The molecule has 3 aromatic rings. The lowest BCUT2D eigenvalue weighted by Gasteiger charge is -2.36. The number of hydrogen-bond acceptors (Lipinski definition) is 4. The largest absolute Gasteiger partial charge is 0.305 e. The summed E-state index contributed by atoms with van der Waals surface area (Å²) in [4.78, 5) is 0. The van der Waals surface area contributed by atoms with Gasteiger partial charge in [-0.1, -0.05) is 48.9 Å². The molecule has 0 aromatic heterocycles. The lowest BCUT2D eigenvalue weighted by atomic mass is 10.0. The molecule has 3 aromatic carbocycles. The maximum atomic E-state index is 9.48. The Balaban J connectivity index is 1.77. The molecule has 1 aliphatic rings. The van der Waals surface area contributed by atoms with Crippen LogP contribution in [0.4, 0.5) is 5.69 Å². The Bertz CT molecular complexity index is 1070. The molecule has 1 heterocycles. The zero-order valence-corrected chi connectivity index (χ0v) is 15.8. The fraction of sp³-hybridized carbons (Fsp3) is 0.250. The van der Waals surface area contributed by atoms with E-state index in [1.807, 2.05) is 48.5 Å². The number of hydrogen-bond donors (Lipinski definition) is 0. The Kier molecular flexibility index (Phi) is 5.24. The summed E-state index contributed by atoms with van der Waals surface area (Å²) >= 11 is 0. The van der Waals surface area contributed by atoms with Crippen LogP contribution in [-0.4, -0.2) is 18.1 Å². The summed E-state index contributed by atoms with van der Waals surface area (Å²) in [6, 6.07) is 24.6. The van der Waals surface area contributed by atoms with Crippen LogP contribution in [0.25, 0.3) is 10.8 Å². The van der Waals surface area contributed by atoms with Crippen LogP contribution in [-0.2, 0) is 6.54 Å². The first-order valence-electron chi connectivity index (χ1n) is 9.74. The van der Waals surface area contributed by atoms with Gasteiger partial charge in [-0.15, -0.1) is 0 Å². The van der Waals surface area contributed by atoms with Gasteiger partial charge in [0.1, 0.15) is 0 Å². The third-order valence-corrected chi connectivity index (χ3v) is 5.42. The second-order valence-corrected chi connectivity index (χ2v) is 7.13. The number of benzene rings is 3. The van der Waals surface area contributed by atoms with Crippen molar-refractivity contribution in [3.05, 3.63) is 77.4 Å². The Morgan fingerprint density at radius 2 is 1.43 bits per heavy atom. The quantitative estimate of drug-likeness (QED) is 0.655. The number of nitrogens with zero attached hydrogens (tertiary/aromatic N) is 4. The van der Waals surface area contributed by atoms with Gasteiger partial charge in [-0.25, -0.2) is 5.01 Å². The molecule has 4 rings (SSSR count). The van der Waals surface area contributed by atoms with Gasteiger partial charge in [0.2, 0.25) is 0 Å². The molecule has 0 bridgehead atoms. The second-order valence-electron chi connectivity index (χ2n) is 7.13. The molecule has 0 amide bonds. The molecule has 1 saturated heterocycles. The van der Waals surface area contributed by atoms with Crippen LogP contribution < -0.4 is 5.01 Å². The predicted octanol–water partition coefficient (Wildman–Crippen LogP) is 4.99. The maximum absolute atomic E-state index is 9.48. The van der Waals surface area contributed by atoms with Crippen LogP contribution >= 0.6 is 0 Å². The molecule has 1 aliphatic heterocycles. The van der Waals surface area contributed by atoms with Crippen molar-refractivity contribution in [3.63, 3.8) is 0 Å². The van der Waals surface area contributed by atoms with Crippen molar-refractivity contribution in [1.82, 2.24) is 5.01 Å². The zero-order valence-electron chi connectivity index (χ0n) is 15.8. The van der Waals surface area contributed by atoms with E-state index < -0.39 is 0 Å². The summed E-state index contributed by atoms with van der Waals surface area (Å²) in [7, 11) is 0. The molecule has 0 aliphatic carbocycles. The Labute approximate surface area is 165 Å². The van der Waals surface area contributed by atoms with Gasteiger partial charge in [-0.2, -0.15) is 10.5 Å². The van der Waals surface area contributed by atoms with Crippen molar-refractivity contribution in [1.29, 1.82) is 10.5 Å². The molecule has 0 saturated carbocycles. The van der Waals surface area contributed by atoms with Gasteiger partial charge in [-0.05, 0) is 36.6 Å². The average Bonchev–Trinajstić information content (AvgIpc) is 2.98. The van der Waals surface area contributed by atoms with Crippen molar-refractivity contribution >= 4 is 16.5 Å². The number of hydrazine groups is 1. The van der Waals surface area contributed by atoms with Crippen molar-refractivity contribution in [2.24, 2.45) is 0 Å². The third-order valence-electron chi connectivity index (χ3n) is 5.42. The van der Waals surface area contributed by atoms with Crippen LogP contribution in [0.3, 0.4) is 0 Å². The van der Waals surface area contributed by atoms with Gasteiger partial charge >= 0.3 is 0 Å². The first-order chi connectivity index (χ1) is 13.8. The van der Waals surface area contributed by atoms with Gasteiger partial charge < -0.3 is 5.01 Å². The normalized spacial score (nSPS) is 15.0. The smallest absolute Gasteiger partial charge is 0.0998 e. The number of anilines is 1. The lowest BCUT2D eigenvalue weighted by molar-refractivity contribution is 0.253. The molecule has 4 heteroatoms. The Morgan fingerprint density at radius 1 is 0.714 bits per heavy atom. The highest BCUT2D eigenvalue weighted by Gasteiger charge is 2.22. The second kappa shape index (κ2) is 8.13. The topological polar surface area (TPSA) is 54.1 Å². The van der Waals surface area contributed by atoms with Crippen molar-refractivity contribution in [2.45, 2.75) is 25.8 Å². The first kappa shape index (κ1) is 18.0. The zero-order chi connectivity index (χ0) is 19.3. The molecular weight excluding hydrogens is 344 g/mol. The molecule has 0 N–H and O–H groups in total. The van der Waals surface area contributed by atoms with E-state index in [0.29, 0.717) is 12.1 Å². The van der Waals surface area contributed by atoms with E-state index in [4.69, 9.17) is 0 Å². The van der Waals surface area contributed by atoms with Crippen LogP contribution in [0.5, 0.6) is 0 Å². The van der Waals surface area contributed by atoms with Crippen molar-refractivity contribution in [3.8, 4) is 12.1 Å². The van der Waals surface area contributed by atoms with Gasteiger partial charge in [0.15, 0.2) is 0 Å². The summed E-state index contributed by atoms with van der Waals surface area (Å²) in [6.07, 6.45) is 3.46. The van der Waals surface area contributed by atoms with Gasteiger partial charge in [0.25, 0.3) is 0 Å². The molecule has 4 nitrogen and oxygen atoms in total. The molecule has 1 fully saturated rings. The highest BCUT2D eigenvalue weighted by atomic mass is 15.6. The summed E-state index contributed by atoms with van der Waals surface area (Å²) in [5.74, 6) is 0. The van der Waals surface area contributed by atoms with Crippen LogP contribution in [0.1, 0.15) is 36.0 Å². The van der Waals surface area contributed by atoms with Crippen LogP contribution in [0.2, 0.25) is 0 Å². The van der Waals surface area contributed by atoms with Crippen LogP contribution in [0.15, 0.2) is 60.7 Å². The minimum Gasteiger partial charge on any atom is -0.305 e. The van der Waals surface area contributed by atoms with E-state index in [-0.39, 0.29) is 0 Å². The van der Waals surface area contributed by atoms with Gasteiger partial charge in [0, 0.05) is 30.4 Å². The molecule has 138 valence electrons. The minimum atomic E-state index is 0.704. The minimum absolute atomic E-state index is 0.704. The van der Waals surface area contributed by atoms with E-state index >= 15 is 0 Å².